The standard InChI is InChI=1S/C11H14I2N2/c12-10-11(13)15(6-14-10)5-7-1-2-8-4-9(8)3-7/h6-9H,1-5H2. The van der Waals surface area contributed by atoms with Crippen molar-refractivity contribution in [2.75, 3.05) is 0 Å². The van der Waals surface area contributed by atoms with Gasteiger partial charge in [-0.15, -0.1) is 0 Å². The van der Waals surface area contributed by atoms with Crippen molar-refractivity contribution in [1.29, 1.82) is 0 Å². The smallest absolute Gasteiger partial charge is 0.132 e. The fourth-order valence-corrected chi connectivity index (χ4v) is 3.76. The molecule has 1 aromatic rings. The Morgan fingerprint density at radius 2 is 2.13 bits per heavy atom. The van der Waals surface area contributed by atoms with Gasteiger partial charge in [0.1, 0.15) is 7.40 Å². The van der Waals surface area contributed by atoms with Gasteiger partial charge in [-0.25, -0.2) is 4.98 Å². The molecule has 3 rings (SSSR count). The summed E-state index contributed by atoms with van der Waals surface area (Å²) >= 11 is 4.72. The van der Waals surface area contributed by atoms with Crippen LogP contribution in [0.1, 0.15) is 25.7 Å². The molecule has 2 aliphatic rings. The molecule has 2 aliphatic carbocycles. The molecule has 1 aromatic heterocycles. The number of aromatic nitrogens is 2. The van der Waals surface area contributed by atoms with Gasteiger partial charge in [0.25, 0.3) is 0 Å². The third-order valence-corrected chi connectivity index (χ3v) is 6.79. The number of hydrogen-bond acceptors (Lipinski definition) is 1. The Balaban J connectivity index is 1.67. The number of halogens is 2. The zero-order chi connectivity index (χ0) is 10.4. The van der Waals surface area contributed by atoms with Gasteiger partial charge in [-0.2, -0.15) is 0 Å². The Kier molecular flexibility index (Phi) is 3.00. The van der Waals surface area contributed by atoms with Crippen molar-refractivity contribution in [3.8, 4) is 0 Å². The summed E-state index contributed by atoms with van der Waals surface area (Å²) in [5.74, 6) is 3.11. The Hall–Kier alpha value is 0.670. The first-order chi connectivity index (χ1) is 7.24. The molecule has 0 radical (unpaired) electrons. The third-order valence-electron chi connectivity index (χ3n) is 3.84. The molecule has 82 valence electrons. The predicted molar refractivity (Wildman–Crippen MR) is 76.6 cm³/mol. The van der Waals surface area contributed by atoms with Gasteiger partial charge in [0.15, 0.2) is 0 Å². The Bertz CT molecular complexity index is 375. The second-order valence-electron chi connectivity index (χ2n) is 4.91. The highest BCUT2D eigenvalue weighted by atomic mass is 127. The van der Waals surface area contributed by atoms with Crippen LogP contribution in [0.25, 0.3) is 0 Å². The first-order valence-electron chi connectivity index (χ1n) is 5.60. The quantitative estimate of drug-likeness (QED) is 0.660. The lowest BCUT2D eigenvalue weighted by molar-refractivity contribution is 0.305. The summed E-state index contributed by atoms with van der Waals surface area (Å²) in [7, 11) is 0. The van der Waals surface area contributed by atoms with E-state index in [1.54, 1.807) is 0 Å². The van der Waals surface area contributed by atoms with Crippen molar-refractivity contribution in [2.45, 2.75) is 32.2 Å². The van der Waals surface area contributed by atoms with Gasteiger partial charge in [0, 0.05) is 6.54 Å². The fourth-order valence-electron chi connectivity index (χ4n) is 2.86. The van der Waals surface area contributed by atoms with Crippen LogP contribution in [0.2, 0.25) is 0 Å². The van der Waals surface area contributed by atoms with E-state index in [0.29, 0.717) is 0 Å². The minimum absolute atomic E-state index is 0.910. The maximum atomic E-state index is 4.35. The number of fused-ring (bicyclic) bond motifs is 1. The molecule has 2 saturated carbocycles. The Morgan fingerprint density at radius 3 is 2.80 bits per heavy atom. The van der Waals surface area contributed by atoms with Gasteiger partial charge >= 0.3 is 0 Å². The van der Waals surface area contributed by atoms with E-state index < -0.39 is 0 Å². The zero-order valence-electron chi connectivity index (χ0n) is 8.50. The van der Waals surface area contributed by atoms with Crippen LogP contribution in [0.3, 0.4) is 0 Å². The number of rotatable bonds is 2. The average Bonchev–Trinajstić information content (AvgIpc) is 2.94. The molecule has 1 heterocycles. The molecule has 2 nitrogen and oxygen atoms in total. The van der Waals surface area contributed by atoms with Crippen LogP contribution in [-0.2, 0) is 6.54 Å². The van der Waals surface area contributed by atoms with E-state index in [2.05, 4.69) is 54.7 Å². The predicted octanol–water partition coefficient (Wildman–Crippen LogP) is 3.53. The number of imidazole rings is 1. The molecular weight excluding hydrogens is 414 g/mol. The van der Waals surface area contributed by atoms with Crippen molar-refractivity contribution >= 4 is 45.2 Å². The van der Waals surface area contributed by atoms with Crippen molar-refractivity contribution in [3.63, 3.8) is 0 Å². The summed E-state index contributed by atoms with van der Waals surface area (Å²) < 4.78 is 4.79. The highest BCUT2D eigenvalue weighted by molar-refractivity contribution is 14.1. The molecule has 15 heavy (non-hydrogen) atoms. The van der Waals surface area contributed by atoms with Crippen LogP contribution in [-0.4, -0.2) is 9.55 Å². The van der Waals surface area contributed by atoms with Gasteiger partial charge in [-0.1, -0.05) is 0 Å². The van der Waals surface area contributed by atoms with Crippen molar-refractivity contribution in [1.82, 2.24) is 9.55 Å². The van der Waals surface area contributed by atoms with Gasteiger partial charge in [0.05, 0.1) is 6.33 Å². The molecule has 3 unspecified atom stereocenters. The van der Waals surface area contributed by atoms with E-state index >= 15 is 0 Å². The molecule has 0 spiro atoms. The van der Waals surface area contributed by atoms with E-state index in [0.717, 1.165) is 21.5 Å². The topological polar surface area (TPSA) is 17.8 Å². The monoisotopic (exact) mass is 428 g/mol. The lowest BCUT2D eigenvalue weighted by atomic mass is 9.89. The first-order valence-corrected chi connectivity index (χ1v) is 7.76. The minimum Gasteiger partial charge on any atom is -0.325 e. The van der Waals surface area contributed by atoms with Crippen molar-refractivity contribution in [2.24, 2.45) is 17.8 Å². The van der Waals surface area contributed by atoms with E-state index in [1.807, 2.05) is 6.33 Å². The molecule has 4 heteroatoms. The lowest BCUT2D eigenvalue weighted by Crippen LogP contribution is -2.16. The molecule has 0 bridgehead atoms. The maximum absolute atomic E-state index is 4.35. The minimum atomic E-state index is 0.910. The second kappa shape index (κ2) is 4.16. The summed E-state index contributed by atoms with van der Waals surface area (Å²) in [6.07, 6.45) is 7.91. The lowest BCUT2D eigenvalue weighted by Gasteiger charge is -2.21. The van der Waals surface area contributed by atoms with E-state index in [4.69, 9.17) is 0 Å². The normalized spacial score (nSPS) is 33.9. The first kappa shape index (κ1) is 10.8. The fraction of sp³-hybridized carbons (Fsp3) is 0.727. The van der Waals surface area contributed by atoms with E-state index in [1.165, 1.54) is 35.9 Å². The van der Waals surface area contributed by atoms with Crippen LogP contribution in [0.5, 0.6) is 0 Å². The average molecular weight is 428 g/mol. The number of nitrogens with zero attached hydrogens (tertiary/aromatic N) is 2. The summed E-state index contributed by atoms with van der Waals surface area (Å²) in [5.41, 5.74) is 0. The maximum Gasteiger partial charge on any atom is 0.132 e. The highest BCUT2D eigenvalue weighted by Gasteiger charge is 2.41. The van der Waals surface area contributed by atoms with Gasteiger partial charge in [-0.3, -0.25) is 0 Å². The highest BCUT2D eigenvalue weighted by Crippen LogP contribution is 2.51. The molecule has 0 aromatic carbocycles. The summed E-state index contributed by atoms with van der Waals surface area (Å²) in [4.78, 5) is 4.35. The molecule has 3 atom stereocenters. The van der Waals surface area contributed by atoms with E-state index in [9.17, 15) is 0 Å². The summed E-state index contributed by atoms with van der Waals surface area (Å²) in [6.45, 7) is 1.19. The molecule has 0 N–H and O–H groups in total. The van der Waals surface area contributed by atoms with Gasteiger partial charge < -0.3 is 4.57 Å². The molecular formula is C11H14I2N2. The van der Waals surface area contributed by atoms with E-state index in [-0.39, 0.29) is 0 Å². The Labute approximate surface area is 118 Å². The zero-order valence-corrected chi connectivity index (χ0v) is 12.8. The van der Waals surface area contributed by atoms with Crippen LogP contribution in [0.4, 0.5) is 0 Å². The third kappa shape index (κ3) is 2.21. The summed E-state index contributed by atoms with van der Waals surface area (Å²) in [5, 5.41) is 0. The summed E-state index contributed by atoms with van der Waals surface area (Å²) in [6, 6.07) is 0. The van der Waals surface area contributed by atoms with Gasteiger partial charge in [0.2, 0.25) is 0 Å². The molecule has 2 fully saturated rings. The number of hydrogen-bond donors (Lipinski definition) is 0. The molecule has 0 amide bonds. The molecule has 0 aliphatic heterocycles. The molecule has 0 saturated heterocycles. The van der Waals surface area contributed by atoms with Crippen LogP contribution >= 0.6 is 45.2 Å². The largest absolute Gasteiger partial charge is 0.325 e. The van der Waals surface area contributed by atoms with Crippen LogP contribution in [0, 0.1) is 25.2 Å². The second-order valence-corrected chi connectivity index (χ2v) is 6.96. The SMILES string of the molecule is Ic1ncn(CC2CCC3CC3C2)c1I. The Morgan fingerprint density at radius 1 is 1.27 bits per heavy atom. The van der Waals surface area contributed by atoms with Crippen LogP contribution in [0.15, 0.2) is 6.33 Å². The van der Waals surface area contributed by atoms with Gasteiger partial charge in [-0.05, 0) is 88.6 Å². The van der Waals surface area contributed by atoms with Crippen LogP contribution < -0.4 is 0 Å². The van der Waals surface area contributed by atoms with Crippen molar-refractivity contribution < 1.29 is 0 Å². The van der Waals surface area contributed by atoms with Crippen molar-refractivity contribution in [3.05, 3.63) is 13.7 Å².